The predicted octanol–water partition coefficient (Wildman–Crippen LogP) is 5.78. The lowest BCUT2D eigenvalue weighted by Gasteiger charge is -2.55. The molecule has 2 spiro atoms. The van der Waals surface area contributed by atoms with Gasteiger partial charge >= 0.3 is 18.0 Å². The lowest BCUT2D eigenvalue weighted by Crippen LogP contribution is -2.68. The molecule has 4 amide bonds. The zero-order valence-corrected chi connectivity index (χ0v) is 31.6. The van der Waals surface area contributed by atoms with Gasteiger partial charge in [-0.1, -0.05) is 30.3 Å². The van der Waals surface area contributed by atoms with Gasteiger partial charge in [-0.2, -0.15) is 0 Å². The van der Waals surface area contributed by atoms with Gasteiger partial charge in [-0.05, 0) is 54.6 Å². The number of carbonyl (C=O) groups is 4. The van der Waals surface area contributed by atoms with Gasteiger partial charge in [0.1, 0.15) is 23.3 Å². The highest BCUT2D eigenvalue weighted by atomic mass is 19.1. The van der Waals surface area contributed by atoms with E-state index >= 15 is 0 Å². The Morgan fingerprint density at radius 3 is 1.45 bits per heavy atom. The molecule has 4 aliphatic rings. The molecule has 0 aromatic heterocycles. The summed E-state index contributed by atoms with van der Waals surface area (Å²) in [5, 5.41) is 0. The lowest BCUT2D eigenvalue weighted by atomic mass is 9.78. The molecule has 4 aromatic rings. The van der Waals surface area contributed by atoms with Crippen molar-refractivity contribution < 1.29 is 51.0 Å². The van der Waals surface area contributed by atoms with Crippen LogP contribution in [0.1, 0.15) is 31.8 Å². The summed E-state index contributed by atoms with van der Waals surface area (Å²) in [4.78, 5) is 55.4. The number of urea groups is 2. The first-order chi connectivity index (χ1) is 27.8. The van der Waals surface area contributed by atoms with Crippen molar-refractivity contribution in [3.05, 3.63) is 130 Å². The van der Waals surface area contributed by atoms with Crippen LogP contribution in [0, 0.1) is 34.1 Å². The first kappa shape index (κ1) is 40.4. The standard InChI is InChI=1S/C21H21F2N3O3.C21H20F2N2O4/c22-16-2-1-3-17(7-16)26(20(28)25-10-21(11-25)12-29-13-21)9-15-5-4-14(6-18(15)23)19(27)8-24;1-28-19(26)14-5-6-15(18(23)7-14)9-25(17-4-2-3-16(22)8-17)20(27)24-10-21(11-24)12-29-13-21/h1-7H,8-13,24H2;2-8H,9-13H2,1H3. The Bertz CT molecular complexity index is 2060. The lowest BCUT2D eigenvalue weighted by molar-refractivity contribution is -0.174. The summed E-state index contributed by atoms with van der Waals surface area (Å²) in [5.74, 6) is -3.27. The van der Waals surface area contributed by atoms with E-state index < -0.39 is 29.2 Å². The average molecular weight is 804 g/mol. The van der Waals surface area contributed by atoms with Crippen LogP contribution in [-0.4, -0.2) is 99.9 Å². The number of likely N-dealkylation sites (tertiary alicyclic amines) is 2. The number of hydrogen-bond donors (Lipinski definition) is 1. The number of hydrogen-bond acceptors (Lipinski definition) is 8. The summed E-state index contributed by atoms with van der Waals surface area (Å²) in [6.45, 7) is 4.33. The maximum absolute atomic E-state index is 14.6. The van der Waals surface area contributed by atoms with Gasteiger partial charge in [0.05, 0.1) is 69.6 Å². The van der Waals surface area contributed by atoms with Crippen LogP contribution in [-0.2, 0) is 27.3 Å². The molecule has 0 aliphatic carbocycles. The van der Waals surface area contributed by atoms with Gasteiger partial charge in [0.2, 0.25) is 0 Å². The number of benzene rings is 4. The number of nitrogens with two attached hydrogens (primary N) is 1. The van der Waals surface area contributed by atoms with Crippen molar-refractivity contribution >= 4 is 35.2 Å². The molecule has 4 aliphatic heterocycles. The molecule has 8 rings (SSSR count). The smallest absolute Gasteiger partial charge is 0.337 e. The SMILES string of the molecule is COC(=O)c1ccc(CN(C(=O)N2CC3(COC3)C2)c2cccc(F)c2)c(F)c1.NCC(=O)c1ccc(CN(C(=O)N2CC3(COC3)C2)c2cccc(F)c2)c(F)c1. The molecule has 2 N–H and O–H groups in total. The summed E-state index contributed by atoms with van der Waals surface area (Å²) in [6.07, 6.45) is 0. The molecule has 0 saturated carbocycles. The van der Waals surface area contributed by atoms with E-state index in [1.807, 2.05) is 0 Å². The minimum absolute atomic E-state index is 0.0245. The van der Waals surface area contributed by atoms with Crippen LogP contribution < -0.4 is 15.5 Å². The molecule has 304 valence electrons. The number of Topliss-reactive ketones (excluding diaryl/α,β-unsaturated/α-hetero) is 1. The van der Waals surface area contributed by atoms with Crippen molar-refractivity contribution in [2.45, 2.75) is 13.1 Å². The normalized spacial score (nSPS) is 16.8. The average Bonchev–Trinajstić information content (AvgIpc) is 3.14. The topological polar surface area (TPSA) is 135 Å². The Morgan fingerprint density at radius 2 is 1.09 bits per heavy atom. The van der Waals surface area contributed by atoms with Gasteiger partial charge in [0.15, 0.2) is 5.78 Å². The first-order valence-electron chi connectivity index (χ1n) is 18.5. The summed E-state index contributed by atoms with van der Waals surface area (Å²) < 4.78 is 71.8. The zero-order chi connectivity index (χ0) is 41.2. The molecule has 4 saturated heterocycles. The number of nitrogens with zero attached hydrogens (tertiary/aromatic N) is 4. The third-order valence-electron chi connectivity index (χ3n) is 10.7. The first-order valence-corrected chi connectivity index (χ1v) is 18.5. The van der Waals surface area contributed by atoms with Crippen LogP contribution in [0.5, 0.6) is 0 Å². The Hall–Kier alpha value is -5.84. The van der Waals surface area contributed by atoms with Crippen LogP contribution in [0.25, 0.3) is 0 Å². The molecule has 58 heavy (non-hydrogen) atoms. The number of carbonyl (C=O) groups excluding carboxylic acids is 4. The second-order valence-electron chi connectivity index (χ2n) is 15.1. The molecule has 0 unspecified atom stereocenters. The minimum atomic E-state index is -0.651. The summed E-state index contributed by atoms with van der Waals surface area (Å²) in [6, 6.07) is 18.6. The van der Waals surface area contributed by atoms with Crippen molar-refractivity contribution in [2.75, 3.05) is 76.1 Å². The number of ether oxygens (including phenoxy) is 3. The van der Waals surface area contributed by atoms with Crippen LogP contribution in [0.3, 0.4) is 0 Å². The third kappa shape index (κ3) is 8.40. The molecule has 0 bridgehead atoms. The molecule has 16 heteroatoms. The Balaban J connectivity index is 0.000000177. The van der Waals surface area contributed by atoms with Crippen molar-refractivity contribution in [3.63, 3.8) is 0 Å². The fourth-order valence-electron chi connectivity index (χ4n) is 7.34. The second-order valence-corrected chi connectivity index (χ2v) is 15.1. The highest BCUT2D eigenvalue weighted by molar-refractivity contribution is 5.97. The highest BCUT2D eigenvalue weighted by Crippen LogP contribution is 2.40. The van der Waals surface area contributed by atoms with Crippen LogP contribution in [0.15, 0.2) is 84.9 Å². The Labute approximate surface area is 331 Å². The summed E-state index contributed by atoms with van der Waals surface area (Å²) in [5.41, 5.74) is 6.71. The van der Waals surface area contributed by atoms with E-state index in [4.69, 9.17) is 15.2 Å². The molecule has 4 fully saturated rings. The highest BCUT2D eigenvalue weighted by Gasteiger charge is 2.52. The maximum Gasteiger partial charge on any atom is 0.337 e. The molecule has 0 radical (unpaired) electrons. The van der Waals surface area contributed by atoms with Gasteiger partial charge in [-0.15, -0.1) is 0 Å². The quantitative estimate of drug-likeness (QED) is 0.128. The van der Waals surface area contributed by atoms with E-state index in [2.05, 4.69) is 4.74 Å². The number of amides is 4. The van der Waals surface area contributed by atoms with Crippen LogP contribution >= 0.6 is 0 Å². The molecular formula is C42H41F4N5O7. The summed E-state index contributed by atoms with van der Waals surface area (Å²) >= 11 is 0. The van der Waals surface area contributed by atoms with Crippen molar-refractivity contribution in [1.29, 1.82) is 0 Å². The number of methoxy groups -OCH3 is 1. The van der Waals surface area contributed by atoms with Gasteiger partial charge in [0, 0.05) is 54.2 Å². The van der Waals surface area contributed by atoms with E-state index in [0.717, 1.165) is 12.1 Å². The van der Waals surface area contributed by atoms with Crippen molar-refractivity contribution in [3.8, 4) is 0 Å². The predicted molar refractivity (Wildman–Crippen MR) is 203 cm³/mol. The largest absolute Gasteiger partial charge is 0.465 e. The Morgan fingerprint density at radius 1 is 0.655 bits per heavy atom. The Kier molecular flexibility index (Phi) is 11.5. The minimum Gasteiger partial charge on any atom is -0.465 e. The van der Waals surface area contributed by atoms with Gasteiger partial charge < -0.3 is 29.7 Å². The fourth-order valence-corrected chi connectivity index (χ4v) is 7.34. The number of halogens is 4. The van der Waals surface area contributed by atoms with E-state index in [1.165, 1.54) is 77.6 Å². The van der Waals surface area contributed by atoms with E-state index in [-0.39, 0.29) is 70.6 Å². The number of ketones is 1. The fraction of sp³-hybridized carbons (Fsp3) is 0.333. The molecule has 4 aromatic carbocycles. The van der Waals surface area contributed by atoms with Gasteiger partial charge in [-0.3, -0.25) is 14.6 Å². The van der Waals surface area contributed by atoms with E-state index in [0.29, 0.717) is 64.0 Å². The monoisotopic (exact) mass is 803 g/mol. The van der Waals surface area contributed by atoms with Crippen LogP contribution in [0.4, 0.5) is 38.5 Å². The maximum atomic E-state index is 14.6. The summed E-state index contributed by atoms with van der Waals surface area (Å²) in [7, 11) is 1.21. The molecule has 0 atom stereocenters. The van der Waals surface area contributed by atoms with Crippen molar-refractivity contribution in [1.82, 2.24) is 9.80 Å². The molecular weight excluding hydrogens is 762 g/mol. The van der Waals surface area contributed by atoms with Gasteiger partial charge in [0.25, 0.3) is 0 Å². The number of anilines is 2. The van der Waals surface area contributed by atoms with Crippen LogP contribution in [0.2, 0.25) is 0 Å². The van der Waals surface area contributed by atoms with E-state index in [9.17, 15) is 36.7 Å². The molecule has 12 nitrogen and oxygen atoms in total. The number of rotatable bonds is 9. The zero-order valence-electron chi connectivity index (χ0n) is 31.6. The van der Waals surface area contributed by atoms with Gasteiger partial charge in [-0.25, -0.2) is 31.9 Å². The van der Waals surface area contributed by atoms with E-state index in [1.54, 1.807) is 21.9 Å². The molecule has 4 heterocycles. The van der Waals surface area contributed by atoms with Crippen molar-refractivity contribution in [2.24, 2.45) is 16.6 Å². The second kappa shape index (κ2) is 16.6. The number of esters is 1. The third-order valence-corrected chi connectivity index (χ3v) is 10.7.